The molecule has 0 unspecified atom stereocenters. The summed E-state index contributed by atoms with van der Waals surface area (Å²) in [7, 11) is 0. The molecule has 4 aromatic rings. The summed E-state index contributed by atoms with van der Waals surface area (Å²) in [5, 5.41) is 4.13. The van der Waals surface area contributed by atoms with Crippen LogP contribution in [0.4, 0.5) is 5.69 Å². The average molecular weight is 456 g/mol. The second kappa shape index (κ2) is 9.08. The Hall–Kier alpha value is -3.64. The van der Waals surface area contributed by atoms with Gasteiger partial charge in [0.1, 0.15) is 23.3 Å². The number of hydrogen-bond donors (Lipinski definition) is 1. The van der Waals surface area contributed by atoms with Gasteiger partial charge < -0.3 is 19.4 Å². The molecule has 0 aliphatic carbocycles. The van der Waals surface area contributed by atoms with Gasteiger partial charge in [0, 0.05) is 17.4 Å². The highest BCUT2D eigenvalue weighted by molar-refractivity contribution is 7.80. The fraction of sp³-hybridized carbons (Fsp3) is 0.185. The van der Waals surface area contributed by atoms with Gasteiger partial charge in [-0.05, 0) is 92.3 Å². The van der Waals surface area contributed by atoms with Gasteiger partial charge >= 0.3 is 0 Å². The Kier molecular flexibility index (Phi) is 5.84. The number of hydrogen-bond acceptors (Lipinski definition) is 4. The molecule has 2 aromatic heterocycles. The summed E-state index contributed by atoms with van der Waals surface area (Å²) in [5.74, 6) is 2.47. The van der Waals surface area contributed by atoms with E-state index in [0.29, 0.717) is 11.7 Å². The first kappa shape index (κ1) is 21.2. The highest BCUT2D eigenvalue weighted by Gasteiger charge is 2.42. The Morgan fingerprint density at radius 3 is 2.61 bits per heavy atom. The van der Waals surface area contributed by atoms with Crippen molar-refractivity contribution < 1.29 is 9.15 Å². The highest BCUT2D eigenvalue weighted by atomic mass is 32.1. The van der Waals surface area contributed by atoms with Crippen LogP contribution in [0, 0.1) is 6.92 Å². The number of pyridine rings is 1. The molecule has 166 valence electrons. The van der Waals surface area contributed by atoms with Gasteiger partial charge in [-0.2, -0.15) is 0 Å². The van der Waals surface area contributed by atoms with Gasteiger partial charge in [0.05, 0.1) is 18.3 Å². The van der Waals surface area contributed by atoms with Gasteiger partial charge in [-0.3, -0.25) is 4.98 Å². The van der Waals surface area contributed by atoms with Crippen LogP contribution in [0.3, 0.4) is 0 Å². The van der Waals surface area contributed by atoms with E-state index in [0.717, 1.165) is 34.2 Å². The van der Waals surface area contributed by atoms with Gasteiger partial charge in [-0.25, -0.2) is 0 Å². The molecule has 6 heteroatoms. The number of aryl methyl sites for hydroxylation is 1. The molecule has 5 rings (SSSR count). The third-order valence-corrected chi connectivity index (χ3v) is 6.06. The molecule has 2 aromatic carbocycles. The highest BCUT2D eigenvalue weighted by Crippen LogP contribution is 2.43. The molecule has 5 nitrogen and oxygen atoms in total. The fourth-order valence-electron chi connectivity index (χ4n) is 4.25. The number of thiocarbonyl (C=S) groups is 1. The van der Waals surface area contributed by atoms with Crippen molar-refractivity contribution in [2.24, 2.45) is 0 Å². The van der Waals surface area contributed by atoms with E-state index in [1.807, 2.05) is 67.6 Å². The van der Waals surface area contributed by atoms with Crippen molar-refractivity contribution in [3.05, 3.63) is 102 Å². The summed E-state index contributed by atoms with van der Waals surface area (Å²) in [6, 6.07) is 25.9. The molecular formula is C27H25N3O2S. The van der Waals surface area contributed by atoms with Crippen LogP contribution in [0.5, 0.6) is 5.75 Å². The minimum atomic E-state index is -0.175. The number of furan rings is 1. The number of rotatable bonds is 6. The molecule has 0 bridgehead atoms. The summed E-state index contributed by atoms with van der Waals surface area (Å²) >= 11 is 5.79. The molecular weight excluding hydrogens is 430 g/mol. The predicted octanol–water partition coefficient (Wildman–Crippen LogP) is 6.23. The number of benzene rings is 2. The maximum Gasteiger partial charge on any atom is 0.174 e. The molecule has 1 aliphatic rings. The Morgan fingerprint density at radius 2 is 1.88 bits per heavy atom. The molecule has 3 heterocycles. The first-order valence-electron chi connectivity index (χ1n) is 11.0. The predicted molar refractivity (Wildman–Crippen MR) is 134 cm³/mol. The molecule has 0 radical (unpaired) electrons. The summed E-state index contributed by atoms with van der Waals surface area (Å²) in [6.07, 6.45) is 1.81. The second-order valence-electron chi connectivity index (χ2n) is 8.00. The summed E-state index contributed by atoms with van der Waals surface area (Å²) < 4.78 is 12.0. The topological polar surface area (TPSA) is 50.5 Å². The fourth-order valence-corrected chi connectivity index (χ4v) is 4.59. The molecule has 1 saturated heterocycles. The standard InChI is InChI=1S/C27H25N3O2S/c1-3-31-21-12-10-19(11-13-21)23-14-15-24(32-23)26-25(22-9-4-5-16-28-22)29-27(33)30(26)20-8-6-7-18(2)17-20/h4-17,25-26H,3H2,1-2H3,(H,29,33)/t25-,26+/m0/s1. The lowest BCUT2D eigenvalue weighted by atomic mass is 10.0. The first-order chi connectivity index (χ1) is 16.1. The first-order valence-corrected chi connectivity index (χ1v) is 11.4. The van der Waals surface area contributed by atoms with E-state index in [4.69, 9.17) is 21.4 Å². The van der Waals surface area contributed by atoms with Gasteiger partial charge in [0.15, 0.2) is 5.11 Å². The van der Waals surface area contributed by atoms with Crippen LogP contribution in [-0.2, 0) is 0 Å². The van der Waals surface area contributed by atoms with E-state index < -0.39 is 0 Å². The normalized spacial score (nSPS) is 17.8. The number of aromatic nitrogens is 1. The van der Waals surface area contributed by atoms with Crippen molar-refractivity contribution in [1.29, 1.82) is 0 Å². The summed E-state index contributed by atoms with van der Waals surface area (Å²) in [6.45, 7) is 4.70. The molecule has 1 fully saturated rings. The third-order valence-electron chi connectivity index (χ3n) is 5.75. The van der Waals surface area contributed by atoms with Crippen LogP contribution < -0.4 is 15.0 Å². The molecule has 1 aliphatic heterocycles. The van der Waals surface area contributed by atoms with Crippen LogP contribution in [0.2, 0.25) is 0 Å². The third kappa shape index (κ3) is 4.22. The van der Waals surface area contributed by atoms with E-state index in [9.17, 15) is 0 Å². The van der Waals surface area contributed by atoms with Gasteiger partial charge in [-0.1, -0.05) is 18.2 Å². The zero-order chi connectivity index (χ0) is 22.8. The minimum absolute atomic E-state index is 0.140. The van der Waals surface area contributed by atoms with E-state index in [-0.39, 0.29) is 12.1 Å². The van der Waals surface area contributed by atoms with Crippen molar-refractivity contribution in [2.75, 3.05) is 11.5 Å². The molecule has 0 spiro atoms. The van der Waals surface area contributed by atoms with Crippen LogP contribution in [0.15, 0.2) is 89.5 Å². The number of ether oxygens (including phenoxy) is 1. The van der Waals surface area contributed by atoms with Crippen LogP contribution >= 0.6 is 12.2 Å². The zero-order valence-corrected chi connectivity index (χ0v) is 19.4. The summed E-state index contributed by atoms with van der Waals surface area (Å²) in [5.41, 5.74) is 4.11. The Morgan fingerprint density at radius 1 is 1.03 bits per heavy atom. The lowest BCUT2D eigenvalue weighted by Gasteiger charge is -2.26. The molecule has 2 atom stereocenters. The van der Waals surface area contributed by atoms with E-state index in [2.05, 4.69) is 40.3 Å². The lowest BCUT2D eigenvalue weighted by Crippen LogP contribution is -2.29. The van der Waals surface area contributed by atoms with E-state index in [1.54, 1.807) is 6.20 Å². The maximum absolute atomic E-state index is 6.43. The quantitative estimate of drug-likeness (QED) is 0.348. The van der Waals surface area contributed by atoms with Crippen LogP contribution in [0.25, 0.3) is 11.3 Å². The monoisotopic (exact) mass is 455 g/mol. The van der Waals surface area contributed by atoms with Crippen molar-refractivity contribution in [3.8, 4) is 17.1 Å². The average Bonchev–Trinajstić information content (AvgIpc) is 3.45. The Balaban J connectivity index is 1.55. The molecule has 0 amide bonds. The lowest BCUT2D eigenvalue weighted by molar-refractivity contribution is 0.340. The smallest absolute Gasteiger partial charge is 0.174 e. The Bertz CT molecular complexity index is 1250. The Labute approximate surface area is 199 Å². The van der Waals surface area contributed by atoms with Crippen molar-refractivity contribution in [2.45, 2.75) is 25.9 Å². The van der Waals surface area contributed by atoms with Crippen LogP contribution in [0.1, 0.15) is 36.0 Å². The van der Waals surface area contributed by atoms with Crippen molar-refractivity contribution in [3.63, 3.8) is 0 Å². The SMILES string of the molecule is CCOc1ccc(-c2ccc([C@@H]3[C@H](c4ccccn4)NC(=S)N3c3cccc(C)c3)o2)cc1. The van der Waals surface area contributed by atoms with E-state index in [1.165, 1.54) is 5.56 Å². The van der Waals surface area contributed by atoms with Gasteiger partial charge in [0.2, 0.25) is 0 Å². The number of nitrogens with zero attached hydrogens (tertiary/aromatic N) is 2. The van der Waals surface area contributed by atoms with E-state index >= 15 is 0 Å². The summed E-state index contributed by atoms with van der Waals surface area (Å²) in [4.78, 5) is 6.73. The second-order valence-corrected chi connectivity index (χ2v) is 8.38. The molecule has 1 N–H and O–H groups in total. The van der Waals surface area contributed by atoms with Crippen LogP contribution in [-0.4, -0.2) is 16.7 Å². The zero-order valence-electron chi connectivity index (χ0n) is 18.6. The minimum Gasteiger partial charge on any atom is -0.494 e. The maximum atomic E-state index is 6.43. The largest absolute Gasteiger partial charge is 0.494 e. The molecule has 0 saturated carbocycles. The van der Waals surface area contributed by atoms with Gasteiger partial charge in [-0.15, -0.1) is 0 Å². The number of nitrogens with one attached hydrogen (secondary N) is 1. The number of anilines is 1. The molecule has 33 heavy (non-hydrogen) atoms. The van der Waals surface area contributed by atoms with Gasteiger partial charge in [0.25, 0.3) is 0 Å². The van der Waals surface area contributed by atoms with Crippen molar-refractivity contribution >= 4 is 23.0 Å². The van der Waals surface area contributed by atoms with Crippen molar-refractivity contribution in [1.82, 2.24) is 10.3 Å².